The summed E-state index contributed by atoms with van der Waals surface area (Å²) in [6.07, 6.45) is 3.33. The average molecular weight is 892 g/mol. The van der Waals surface area contributed by atoms with E-state index < -0.39 is 83.5 Å². The van der Waals surface area contributed by atoms with Crippen LogP contribution >= 0.6 is 11.8 Å². The van der Waals surface area contributed by atoms with Crippen molar-refractivity contribution < 1.29 is 44.0 Å². The number of aliphatic hydroxyl groups is 1. The number of nitrogens with zero attached hydrogens (tertiary/aromatic N) is 2. The van der Waals surface area contributed by atoms with Crippen molar-refractivity contribution in [1.82, 2.24) is 46.0 Å². The van der Waals surface area contributed by atoms with Crippen LogP contribution in [0.4, 0.5) is 4.79 Å². The van der Waals surface area contributed by atoms with E-state index in [1.54, 1.807) is 31.5 Å². The van der Waals surface area contributed by atoms with Crippen molar-refractivity contribution >= 4 is 52.4 Å². The molecule has 1 saturated heterocycles. The third kappa shape index (κ3) is 12.5. The number of amides is 5. The number of phenols is 1. The van der Waals surface area contributed by atoms with Crippen LogP contribution in [0.1, 0.15) is 44.0 Å². The van der Waals surface area contributed by atoms with Crippen molar-refractivity contribution in [3.8, 4) is 5.75 Å². The summed E-state index contributed by atoms with van der Waals surface area (Å²) in [6.45, 7) is 3.76. The number of hydrogen-bond donors (Lipinski definition) is 10. The highest BCUT2D eigenvalue weighted by Gasteiger charge is 2.37. The predicted octanol–water partition coefficient (Wildman–Crippen LogP) is 0.630. The van der Waals surface area contributed by atoms with Crippen molar-refractivity contribution in [2.75, 3.05) is 25.6 Å². The summed E-state index contributed by atoms with van der Waals surface area (Å²) < 4.78 is 6.73. The standard InChI is InChI=1S/C42H53N9O11S/c1-5-43-31(18-24-9-8-10-26(52)17-24)38(57)50(3)23(2)35(37(56)45-22-27-20-33(53)39(62-27)51-15-13-34(54)48-42(51)61)49-36(55)30(14-16-63-4)46-41(60)47-32(40(58)59)19-25-21-44-29-12-7-6-11-28(25)29/h6-13,15,17,21-23,30-33,35,39,43-44,52-53H,5,14,16,18-20H2,1-4H3,(H,45,56)(H,49,55)(H,58,59)(H2,46,47,60)(H,48,54,61)/b27-22+/t23?,30?,31?,32?,33-,35?,39-/m0/s1. The molecule has 1 fully saturated rings. The maximum Gasteiger partial charge on any atom is 0.331 e. The number of urea groups is 1. The van der Waals surface area contributed by atoms with Crippen LogP contribution in [-0.2, 0) is 36.8 Å². The zero-order valence-corrected chi connectivity index (χ0v) is 35.9. The first-order valence-electron chi connectivity index (χ1n) is 20.2. The van der Waals surface area contributed by atoms with Crippen molar-refractivity contribution in [1.29, 1.82) is 0 Å². The molecule has 0 radical (unpaired) electrons. The molecule has 2 aromatic carbocycles. The maximum atomic E-state index is 14.2. The number of para-hydroxylation sites is 1. The Kier molecular flexibility index (Phi) is 16.6. The van der Waals surface area contributed by atoms with Gasteiger partial charge in [-0.1, -0.05) is 37.3 Å². The molecule has 1 aliphatic heterocycles. The third-order valence-electron chi connectivity index (χ3n) is 10.6. The lowest BCUT2D eigenvalue weighted by Gasteiger charge is -2.34. The summed E-state index contributed by atoms with van der Waals surface area (Å²) in [5.74, 6) is -2.92. The van der Waals surface area contributed by atoms with Gasteiger partial charge < -0.3 is 56.5 Å². The summed E-state index contributed by atoms with van der Waals surface area (Å²) >= 11 is 1.38. The Bertz CT molecular complexity index is 2420. The van der Waals surface area contributed by atoms with E-state index in [1.165, 1.54) is 35.8 Å². The number of aliphatic hydroxyl groups excluding tert-OH is 1. The van der Waals surface area contributed by atoms with Crippen LogP contribution in [0.3, 0.4) is 0 Å². The number of rotatable bonds is 20. The Morgan fingerprint density at radius 2 is 1.75 bits per heavy atom. The number of aromatic hydroxyl groups is 1. The first-order chi connectivity index (χ1) is 30.1. The summed E-state index contributed by atoms with van der Waals surface area (Å²) in [5, 5.41) is 45.0. The molecule has 0 spiro atoms. The van der Waals surface area contributed by atoms with Crippen LogP contribution in [-0.4, -0.2) is 126 Å². The molecule has 63 heavy (non-hydrogen) atoms. The summed E-state index contributed by atoms with van der Waals surface area (Å²) in [4.78, 5) is 98.6. The number of thioether (sulfide) groups is 1. The molecule has 5 unspecified atom stereocenters. The summed E-state index contributed by atoms with van der Waals surface area (Å²) in [5.41, 5.74) is 0.639. The van der Waals surface area contributed by atoms with Gasteiger partial charge in [0.25, 0.3) is 5.56 Å². The Morgan fingerprint density at radius 3 is 2.44 bits per heavy atom. The number of aliphatic carboxylic acids is 1. The van der Waals surface area contributed by atoms with Crippen LogP contribution in [0.2, 0.25) is 0 Å². The number of ether oxygens (including phenoxy) is 1. The number of aromatic amines is 2. The number of hydrogen-bond acceptors (Lipinski definition) is 12. The molecule has 4 aromatic rings. The van der Waals surface area contributed by atoms with Gasteiger partial charge in [0.05, 0.1) is 12.1 Å². The number of fused-ring (bicyclic) bond motifs is 1. The average Bonchev–Trinajstić information content (AvgIpc) is 3.84. The number of carbonyl (C=O) groups excluding carboxylic acids is 4. The SMILES string of the molecule is CCNC(Cc1cccc(O)c1)C(=O)N(C)C(C)C(NC(=O)C(CCSC)NC(=O)NC(Cc1c[nH]c2ccccc12)C(=O)O)C(=O)N/C=C1\C[C@H](O)[C@@H](n2ccc(=O)[nH]c2=O)O1. The van der Waals surface area contributed by atoms with E-state index in [2.05, 4.69) is 36.6 Å². The van der Waals surface area contributed by atoms with E-state index in [4.69, 9.17) is 4.74 Å². The van der Waals surface area contributed by atoms with E-state index in [1.807, 2.05) is 31.2 Å². The smallest absolute Gasteiger partial charge is 0.331 e. The molecule has 20 nitrogen and oxygen atoms in total. The van der Waals surface area contributed by atoms with Crippen molar-refractivity contribution in [2.24, 2.45) is 0 Å². The lowest BCUT2D eigenvalue weighted by Crippen LogP contribution is -2.62. The van der Waals surface area contributed by atoms with Gasteiger partial charge in [-0.05, 0) is 67.6 Å². The molecular weight excluding hydrogens is 839 g/mol. The number of benzene rings is 2. The Morgan fingerprint density at radius 1 is 1.00 bits per heavy atom. The van der Waals surface area contributed by atoms with Crippen LogP contribution < -0.4 is 37.8 Å². The van der Waals surface area contributed by atoms with Crippen LogP contribution in [0.5, 0.6) is 5.75 Å². The van der Waals surface area contributed by atoms with E-state index in [9.17, 15) is 48.9 Å². The highest BCUT2D eigenvalue weighted by Crippen LogP contribution is 2.30. The number of aromatic nitrogens is 3. The first kappa shape index (κ1) is 47.5. The first-order valence-corrected chi connectivity index (χ1v) is 21.6. The lowest BCUT2D eigenvalue weighted by molar-refractivity contribution is -0.139. The number of phenolic OH excluding ortho intramolecular Hbond substituents is 1. The largest absolute Gasteiger partial charge is 0.508 e. The molecule has 7 atom stereocenters. The molecule has 0 saturated carbocycles. The molecule has 21 heteroatoms. The van der Waals surface area contributed by atoms with Crippen molar-refractivity contribution in [2.45, 2.75) is 82.1 Å². The van der Waals surface area contributed by atoms with Crippen molar-refractivity contribution in [3.05, 3.63) is 111 Å². The van der Waals surface area contributed by atoms with Crippen LogP contribution in [0, 0.1) is 0 Å². The quantitative estimate of drug-likeness (QED) is 0.0584. The molecule has 2 aromatic heterocycles. The fraction of sp³-hybridized carbons (Fsp3) is 0.405. The zero-order valence-electron chi connectivity index (χ0n) is 35.1. The van der Waals surface area contributed by atoms with Gasteiger partial charge in [0.2, 0.25) is 23.9 Å². The summed E-state index contributed by atoms with van der Waals surface area (Å²) in [6, 6.07) is 7.90. The monoisotopic (exact) mass is 891 g/mol. The van der Waals surface area contributed by atoms with Gasteiger partial charge in [-0.3, -0.25) is 28.7 Å². The number of carbonyl (C=O) groups is 5. The van der Waals surface area contributed by atoms with E-state index >= 15 is 0 Å². The normalized spacial score (nSPS) is 17.8. The molecule has 3 heterocycles. The second-order valence-electron chi connectivity index (χ2n) is 15.0. The summed E-state index contributed by atoms with van der Waals surface area (Å²) in [7, 11) is 1.46. The van der Waals surface area contributed by atoms with E-state index in [-0.39, 0.29) is 37.2 Å². The maximum absolute atomic E-state index is 14.2. The van der Waals surface area contributed by atoms with Crippen molar-refractivity contribution in [3.63, 3.8) is 0 Å². The van der Waals surface area contributed by atoms with Gasteiger partial charge in [-0.25, -0.2) is 14.4 Å². The molecule has 338 valence electrons. The second kappa shape index (κ2) is 22.0. The number of nitrogens with one attached hydrogen (secondary N) is 7. The highest BCUT2D eigenvalue weighted by atomic mass is 32.2. The number of carboxylic acids is 1. The fourth-order valence-corrected chi connectivity index (χ4v) is 7.59. The minimum absolute atomic E-state index is 0.0208. The Balaban J connectivity index is 1.37. The van der Waals surface area contributed by atoms with E-state index in [0.717, 1.165) is 33.9 Å². The van der Waals surface area contributed by atoms with Crippen LogP contribution in [0.15, 0.2) is 88.5 Å². The minimum atomic E-state index is -1.48. The molecule has 5 rings (SSSR count). The fourth-order valence-electron chi connectivity index (χ4n) is 7.12. The number of carboxylic acid groups (broad SMARTS) is 1. The van der Waals surface area contributed by atoms with Crippen LogP contribution in [0.25, 0.3) is 10.9 Å². The van der Waals surface area contributed by atoms with Gasteiger partial charge in [0.15, 0.2) is 0 Å². The highest BCUT2D eigenvalue weighted by molar-refractivity contribution is 7.98. The van der Waals surface area contributed by atoms with Gasteiger partial charge in [-0.15, -0.1) is 0 Å². The number of H-pyrrole nitrogens is 2. The number of likely N-dealkylation sites (N-methyl/N-ethyl adjacent to an activating group) is 2. The topological polar surface area (TPSA) is 289 Å². The lowest BCUT2D eigenvalue weighted by atomic mass is 10.0. The molecule has 10 N–H and O–H groups in total. The molecule has 0 bridgehead atoms. The molecule has 0 aliphatic carbocycles. The third-order valence-corrected chi connectivity index (χ3v) is 11.2. The Labute approximate surface area is 365 Å². The molecule has 1 aliphatic rings. The Hall–Kier alpha value is -6.58. The van der Waals surface area contributed by atoms with Gasteiger partial charge in [-0.2, -0.15) is 11.8 Å². The predicted molar refractivity (Wildman–Crippen MR) is 234 cm³/mol. The molecular formula is C42H53N9O11S. The van der Waals surface area contributed by atoms with Gasteiger partial charge >= 0.3 is 17.7 Å². The zero-order chi connectivity index (χ0) is 45.8. The second-order valence-corrected chi connectivity index (χ2v) is 16.0. The van der Waals surface area contributed by atoms with Gasteiger partial charge in [0, 0.05) is 55.5 Å². The molecule has 5 amide bonds. The minimum Gasteiger partial charge on any atom is -0.508 e. The van der Waals surface area contributed by atoms with Gasteiger partial charge in [0.1, 0.15) is 35.7 Å². The van der Waals surface area contributed by atoms with E-state index in [0.29, 0.717) is 23.4 Å².